The number of rotatable bonds is 2. The highest BCUT2D eigenvalue weighted by molar-refractivity contribution is 6.05. The Morgan fingerprint density at radius 1 is 0.800 bits per heavy atom. The van der Waals surface area contributed by atoms with Gasteiger partial charge in [0.05, 0.1) is 0 Å². The topological polar surface area (TPSA) is 17.1 Å². The number of aryl methyl sites for hydroxylation is 2. The molecule has 0 unspecified atom stereocenters. The summed E-state index contributed by atoms with van der Waals surface area (Å²) in [5.41, 5.74) is 5.69. The maximum Gasteiger partial charge on any atom is 0.150 e. The van der Waals surface area contributed by atoms with Gasteiger partial charge in [-0.15, -0.1) is 0 Å². The van der Waals surface area contributed by atoms with Crippen LogP contribution in [0.1, 0.15) is 21.5 Å². The molecule has 0 aliphatic rings. The Labute approximate surface area is 118 Å². The van der Waals surface area contributed by atoms with Crippen molar-refractivity contribution in [2.24, 2.45) is 0 Å². The van der Waals surface area contributed by atoms with E-state index >= 15 is 0 Å². The van der Waals surface area contributed by atoms with Gasteiger partial charge in [0.2, 0.25) is 0 Å². The van der Waals surface area contributed by atoms with Crippen LogP contribution in [0.3, 0.4) is 0 Å². The first kappa shape index (κ1) is 12.6. The van der Waals surface area contributed by atoms with E-state index in [1.807, 2.05) is 30.3 Å². The number of benzene rings is 3. The molecular formula is C19H16O. The summed E-state index contributed by atoms with van der Waals surface area (Å²) in [5, 5.41) is 2.14. The molecule has 3 aromatic rings. The molecule has 0 aromatic heterocycles. The Morgan fingerprint density at radius 3 is 2.25 bits per heavy atom. The molecule has 0 N–H and O–H groups in total. The maximum atomic E-state index is 11.2. The maximum absolute atomic E-state index is 11.2. The lowest BCUT2D eigenvalue weighted by Gasteiger charge is -2.10. The smallest absolute Gasteiger partial charge is 0.150 e. The molecule has 20 heavy (non-hydrogen) atoms. The Morgan fingerprint density at radius 2 is 1.55 bits per heavy atom. The van der Waals surface area contributed by atoms with Crippen molar-refractivity contribution in [3.8, 4) is 11.1 Å². The van der Waals surface area contributed by atoms with Crippen molar-refractivity contribution in [2.75, 3.05) is 0 Å². The molecule has 0 saturated heterocycles. The van der Waals surface area contributed by atoms with E-state index in [0.29, 0.717) is 0 Å². The zero-order valence-electron chi connectivity index (χ0n) is 11.7. The second kappa shape index (κ2) is 4.93. The van der Waals surface area contributed by atoms with E-state index in [9.17, 15) is 4.79 Å². The van der Waals surface area contributed by atoms with Gasteiger partial charge in [-0.1, -0.05) is 54.6 Å². The van der Waals surface area contributed by atoms with E-state index in [-0.39, 0.29) is 0 Å². The largest absolute Gasteiger partial charge is 0.298 e. The molecule has 0 radical (unpaired) electrons. The molecule has 98 valence electrons. The summed E-state index contributed by atoms with van der Waals surface area (Å²) in [6, 6.07) is 18.5. The molecule has 0 amide bonds. The third-order valence-corrected chi connectivity index (χ3v) is 3.90. The van der Waals surface area contributed by atoms with Crippen LogP contribution in [0.15, 0.2) is 54.6 Å². The van der Waals surface area contributed by atoms with E-state index in [4.69, 9.17) is 0 Å². The molecule has 1 heteroatoms. The van der Waals surface area contributed by atoms with Gasteiger partial charge < -0.3 is 0 Å². The van der Waals surface area contributed by atoms with Crippen LogP contribution in [-0.2, 0) is 0 Å². The van der Waals surface area contributed by atoms with Gasteiger partial charge >= 0.3 is 0 Å². The molecule has 0 fully saturated rings. The van der Waals surface area contributed by atoms with Gasteiger partial charge in [0, 0.05) is 5.56 Å². The first-order valence-electron chi connectivity index (χ1n) is 6.75. The SMILES string of the molecule is Cc1ccc(-c2ccc(C=O)c3ccccc23)cc1C. The van der Waals surface area contributed by atoms with E-state index in [0.717, 1.165) is 22.6 Å². The van der Waals surface area contributed by atoms with Crippen molar-refractivity contribution in [1.82, 2.24) is 0 Å². The zero-order valence-corrected chi connectivity index (χ0v) is 11.7. The Kier molecular flexibility index (Phi) is 3.11. The highest BCUT2D eigenvalue weighted by atomic mass is 16.1. The molecule has 0 aliphatic carbocycles. The van der Waals surface area contributed by atoms with E-state index in [2.05, 4.69) is 38.1 Å². The number of aldehydes is 1. The molecule has 3 rings (SSSR count). The van der Waals surface area contributed by atoms with Crippen LogP contribution in [0.25, 0.3) is 21.9 Å². The zero-order chi connectivity index (χ0) is 14.1. The lowest BCUT2D eigenvalue weighted by Crippen LogP contribution is -1.88. The van der Waals surface area contributed by atoms with E-state index < -0.39 is 0 Å². The van der Waals surface area contributed by atoms with Gasteiger partial charge in [-0.3, -0.25) is 4.79 Å². The Bertz CT molecular complexity index is 800. The fourth-order valence-corrected chi connectivity index (χ4v) is 2.59. The first-order chi connectivity index (χ1) is 9.70. The van der Waals surface area contributed by atoms with Gasteiger partial charge in [-0.2, -0.15) is 0 Å². The fourth-order valence-electron chi connectivity index (χ4n) is 2.59. The quantitative estimate of drug-likeness (QED) is 0.597. The minimum atomic E-state index is 0.744. The minimum absolute atomic E-state index is 0.744. The van der Waals surface area contributed by atoms with Gasteiger partial charge in [0.15, 0.2) is 6.29 Å². The molecule has 0 heterocycles. The second-order valence-corrected chi connectivity index (χ2v) is 5.16. The van der Waals surface area contributed by atoms with Crippen LogP contribution in [0.5, 0.6) is 0 Å². The molecule has 0 atom stereocenters. The van der Waals surface area contributed by atoms with Crippen LogP contribution in [-0.4, -0.2) is 6.29 Å². The summed E-state index contributed by atoms with van der Waals surface area (Å²) in [5.74, 6) is 0. The summed E-state index contributed by atoms with van der Waals surface area (Å²) in [6.07, 6.45) is 0.923. The number of carbonyl (C=O) groups is 1. The van der Waals surface area contributed by atoms with Gasteiger partial charge in [0.1, 0.15) is 0 Å². The third-order valence-electron chi connectivity index (χ3n) is 3.90. The van der Waals surface area contributed by atoms with Crippen LogP contribution < -0.4 is 0 Å². The second-order valence-electron chi connectivity index (χ2n) is 5.16. The first-order valence-corrected chi connectivity index (χ1v) is 6.75. The monoisotopic (exact) mass is 260 g/mol. The number of fused-ring (bicyclic) bond motifs is 1. The Balaban J connectivity index is 2.31. The summed E-state index contributed by atoms with van der Waals surface area (Å²) in [4.78, 5) is 11.2. The average Bonchev–Trinajstić information content (AvgIpc) is 2.49. The van der Waals surface area contributed by atoms with Crippen molar-refractivity contribution >= 4 is 17.1 Å². The molecule has 3 aromatic carbocycles. The van der Waals surface area contributed by atoms with Crippen LogP contribution in [0.2, 0.25) is 0 Å². The van der Waals surface area contributed by atoms with Crippen molar-refractivity contribution in [3.05, 3.63) is 71.3 Å². The summed E-state index contributed by atoms with van der Waals surface area (Å²) < 4.78 is 0. The van der Waals surface area contributed by atoms with Crippen LogP contribution in [0.4, 0.5) is 0 Å². The summed E-state index contributed by atoms with van der Waals surface area (Å²) >= 11 is 0. The molecule has 0 aliphatic heterocycles. The predicted octanol–water partition coefficient (Wildman–Crippen LogP) is 4.94. The minimum Gasteiger partial charge on any atom is -0.298 e. The van der Waals surface area contributed by atoms with Gasteiger partial charge in [-0.05, 0) is 46.9 Å². The molecule has 0 spiro atoms. The average molecular weight is 260 g/mol. The molecule has 0 bridgehead atoms. The highest BCUT2D eigenvalue weighted by Crippen LogP contribution is 2.31. The third kappa shape index (κ3) is 2.01. The molecule has 0 saturated carbocycles. The fraction of sp³-hybridized carbons (Fsp3) is 0.105. The van der Waals surface area contributed by atoms with Gasteiger partial charge in [-0.25, -0.2) is 0 Å². The standard InChI is InChI=1S/C19H16O/c1-13-7-8-15(11-14(13)2)18-10-9-16(12-20)17-5-3-4-6-19(17)18/h3-12H,1-2H3. The van der Waals surface area contributed by atoms with Crippen molar-refractivity contribution in [3.63, 3.8) is 0 Å². The van der Waals surface area contributed by atoms with E-state index in [1.54, 1.807) is 0 Å². The van der Waals surface area contributed by atoms with Crippen molar-refractivity contribution in [2.45, 2.75) is 13.8 Å². The number of hydrogen-bond donors (Lipinski definition) is 0. The normalized spacial score (nSPS) is 10.7. The predicted molar refractivity (Wildman–Crippen MR) is 84.2 cm³/mol. The van der Waals surface area contributed by atoms with Crippen molar-refractivity contribution in [1.29, 1.82) is 0 Å². The van der Waals surface area contributed by atoms with Crippen LogP contribution >= 0.6 is 0 Å². The lowest BCUT2D eigenvalue weighted by atomic mass is 9.94. The summed E-state index contributed by atoms with van der Waals surface area (Å²) in [7, 11) is 0. The van der Waals surface area contributed by atoms with Crippen LogP contribution in [0, 0.1) is 13.8 Å². The molecule has 1 nitrogen and oxygen atoms in total. The Hall–Kier alpha value is -2.41. The number of carbonyl (C=O) groups excluding carboxylic acids is 1. The summed E-state index contributed by atoms with van der Waals surface area (Å²) in [6.45, 7) is 4.24. The number of hydrogen-bond acceptors (Lipinski definition) is 1. The highest BCUT2D eigenvalue weighted by Gasteiger charge is 2.07. The van der Waals surface area contributed by atoms with E-state index in [1.165, 1.54) is 22.3 Å². The van der Waals surface area contributed by atoms with Gasteiger partial charge in [0.25, 0.3) is 0 Å². The van der Waals surface area contributed by atoms with Crippen molar-refractivity contribution < 1.29 is 4.79 Å². The molecular weight excluding hydrogens is 244 g/mol. The lowest BCUT2D eigenvalue weighted by molar-refractivity contribution is 0.112.